The van der Waals surface area contributed by atoms with Crippen LogP contribution in [0.15, 0.2) is 17.9 Å². The van der Waals surface area contributed by atoms with Gasteiger partial charge in [-0.15, -0.1) is 17.3 Å². The molecule has 0 saturated carbocycles. The summed E-state index contributed by atoms with van der Waals surface area (Å²) in [6.07, 6.45) is 4.16. The molecule has 0 fully saturated rings. The van der Waals surface area contributed by atoms with Crippen molar-refractivity contribution in [3.8, 4) is 0 Å². The van der Waals surface area contributed by atoms with Gasteiger partial charge in [0.1, 0.15) is 0 Å². The highest BCUT2D eigenvalue weighted by Gasteiger charge is 2.46. The van der Waals surface area contributed by atoms with Crippen LogP contribution in [0.5, 0.6) is 0 Å². The van der Waals surface area contributed by atoms with Crippen molar-refractivity contribution in [2.75, 3.05) is 12.5 Å². The van der Waals surface area contributed by atoms with Crippen LogP contribution in [0.3, 0.4) is 0 Å². The Morgan fingerprint density at radius 3 is 1.57 bits per heavy atom. The van der Waals surface area contributed by atoms with Crippen molar-refractivity contribution in [3.05, 3.63) is 17.9 Å². The van der Waals surface area contributed by atoms with Crippen LogP contribution in [-0.4, -0.2) is 34.2 Å². The summed E-state index contributed by atoms with van der Waals surface area (Å²) in [7, 11) is -3.18. The zero-order valence-corrected chi connectivity index (χ0v) is 19.8. The van der Waals surface area contributed by atoms with Gasteiger partial charge in [0.15, 0.2) is 16.6 Å². The minimum Gasteiger partial charge on any atom is -0.455 e. The molecule has 0 aromatic carbocycles. The highest BCUT2D eigenvalue weighted by atomic mass is 35.5. The molecule has 0 aliphatic rings. The molecule has 0 spiro atoms. The van der Waals surface area contributed by atoms with E-state index in [4.69, 9.17) is 20.8 Å². The summed E-state index contributed by atoms with van der Waals surface area (Å²) in [6.45, 7) is 23.3. The van der Waals surface area contributed by atoms with Crippen LogP contribution in [0.1, 0.15) is 48.0 Å². The quantitative estimate of drug-likeness (QED) is 0.344. The Morgan fingerprint density at radius 1 is 0.913 bits per heavy atom. The largest absolute Gasteiger partial charge is 0.455 e. The van der Waals surface area contributed by atoms with E-state index in [1.807, 2.05) is 0 Å². The molecule has 0 radical (unpaired) electrons. The third-order valence-corrected chi connectivity index (χ3v) is 16.2. The lowest BCUT2D eigenvalue weighted by molar-refractivity contribution is 0.343. The maximum absolute atomic E-state index is 8.19. The third kappa shape index (κ3) is 10.6. The van der Waals surface area contributed by atoms with E-state index >= 15 is 0 Å². The molecular formula is C18H39ClO2Si2. The van der Waals surface area contributed by atoms with E-state index in [0.29, 0.717) is 16.0 Å². The van der Waals surface area contributed by atoms with Crippen molar-refractivity contribution >= 4 is 28.2 Å². The highest BCUT2D eigenvalue weighted by Crippen LogP contribution is 2.44. The first-order valence-electron chi connectivity index (χ1n) is 8.39. The first kappa shape index (κ1) is 25.4. The van der Waals surface area contributed by atoms with E-state index in [2.05, 4.69) is 73.5 Å². The second-order valence-corrected chi connectivity index (χ2v) is 19.1. The van der Waals surface area contributed by atoms with Gasteiger partial charge < -0.3 is 9.22 Å². The summed E-state index contributed by atoms with van der Waals surface area (Å²) in [4.78, 5) is 0. The topological polar surface area (TPSA) is 29.5 Å². The minimum atomic E-state index is -1.59. The Labute approximate surface area is 152 Å². The molecule has 0 aliphatic heterocycles. The second-order valence-electron chi connectivity index (χ2n) is 8.86. The lowest BCUT2D eigenvalue weighted by Crippen LogP contribution is -2.53. The maximum atomic E-state index is 8.19. The lowest BCUT2D eigenvalue weighted by Gasteiger charge is -2.47. The number of rotatable bonds is 5. The first-order chi connectivity index (χ1) is 10.1. The van der Waals surface area contributed by atoms with Gasteiger partial charge in [-0.05, 0) is 54.8 Å². The van der Waals surface area contributed by atoms with Gasteiger partial charge in [0.25, 0.3) is 0 Å². The van der Waals surface area contributed by atoms with Crippen molar-refractivity contribution in [3.63, 3.8) is 0 Å². The smallest absolute Gasteiger partial charge is 0.178 e. The summed E-state index contributed by atoms with van der Waals surface area (Å²) in [6, 6.07) is 0. The van der Waals surface area contributed by atoms with E-state index in [1.165, 1.54) is 0 Å². The molecule has 0 aromatic heterocycles. The summed E-state index contributed by atoms with van der Waals surface area (Å²) >= 11 is 5.33. The fraction of sp³-hybridized carbons (Fsp3) is 0.833. The first-order valence-corrected chi connectivity index (χ1v) is 14.7. The molecule has 0 atom stereocenters. The normalized spacial score (nSPS) is 12.9. The number of aliphatic hydroxyl groups excluding tert-OH is 1. The number of hydrogen-bond acceptors (Lipinski definition) is 2. The van der Waals surface area contributed by atoms with Gasteiger partial charge in [-0.1, -0.05) is 41.5 Å². The van der Waals surface area contributed by atoms with E-state index in [0.717, 1.165) is 6.42 Å². The van der Waals surface area contributed by atoms with E-state index in [1.54, 1.807) is 12.2 Å². The zero-order valence-electron chi connectivity index (χ0n) is 17.0. The summed E-state index contributed by atoms with van der Waals surface area (Å²) in [5, 5.41) is 8.84. The molecule has 0 bridgehead atoms. The Bertz CT molecular complexity index is 361. The van der Waals surface area contributed by atoms with Crippen molar-refractivity contribution in [2.45, 2.75) is 84.2 Å². The molecule has 1 N–H and O–H groups in total. The second kappa shape index (κ2) is 10.2. The van der Waals surface area contributed by atoms with Crippen molar-refractivity contribution < 1.29 is 9.22 Å². The number of hydrogen-bond donors (Lipinski definition) is 1. The van der Waals surface area contributed by atoms with E-state index in [9.17, 15) is 0 Å². The summed E-state index contributed by atoms with van der Waals surface area (Å²) in [5.41, 5.74) is 2.75. The van der Waals surface area contributed by atoms with Crippen molar-refractivity contribution in [1.82, 2.24) is 0 Å². The van der Waals surface area contributed by atoms with Gasteiger partial charge in [0.05, 0.1) is 6.61 Å². The third-order valence-electron chi connectivity index (χ3n) is 4.70. The van der Waals surface area contributed by atoms with E-state index in [-0.39, 0.29) is 6.61 Å². The fourth-order valence-electron chi connectivity index (χ4n) is 1.22. The van der Waals surface area contributed by atoms with Gasteiger partial charge in [0.2, 0.25) is 0 Å². The molecule has 23 heavy (non-hydrogen) atoms. The number of aliphatic hydroxyl groups is 1. The zero-order chi connectivity index (χ0) is 18.9. The molecule has 0 saturated heterocycles. The highest BCUT2D eigenvalue weighted by molar-refractivity contribution is 6.87. The molecule has 0 unspecified atom stereocenters. The average Bonchev–Trinajstić information content (AvgIpc) is 2.31. The summed E-state index contributed by atoms with van der Waals surface area (Å²) in [5.74, 6) is 0.617. The molecule has 0 amide bonds. The Morgan fingerprint density at radius 2 is 1.30 bits per heavy atom. The van der Waals surface area contributed by atoms with Crippen LogP contribution in [-0.2, 0) is 4.12 Å². The van der Waals surface area contributed by atoms with Gasteiger partial charge in [-0.3, -0.25) is 0 Å². The van der Waals surface area contributed by atoms with Crippen molar-refractivity contribution in [2.24, 2.45) is 0 Å². The van der Waals surface area contributed by atoms with Crippen LogP contribution in [0.25, 0.3) is 0 Å². The van der Waals surface area contributed by atoms with Crippen molar-refractivity contribution in [1.29, 1.82) is 0 Å². The molecule has 0 aromatic rings. The van der Waals surface area contributed by atoms with Crippen LogP contribution in [0.4, 0.5) is 0 Å². The van der Waals surface area contributed by atoms with Crippen LogP contribution in [0.2, 0.25) is 36.3 Å². The molecule has 138 valence electrons. The predicted molar refractivity (Wildman–Crippen MR) is 111 cm³/mol. The standard InChI is InChI=1S/C12H30OSi2.C6H9ClO/c1-11(2,3)14(7,8)13-15(9,10)12(4,5)6;7-5-3-1-2-4-6-8/h1-10H3;1,4,8H,3,5-6H2. The number of halogens is 1. The number of alkyl halides is 1. The van der Waals surface area contributed by atoms with Gasteiger partial charge in [0, 0.05) is 5.88 Å². The average molecular weight is 379 g/mol. The van der Waals surface area contributed by atoms with Crippen LogP contribution in [0, 0.1) is 0 Å². The SMILES string of the molecule is CC(C)(C)[Si](C)(C)O[Si](C)(C)C(C)(C)C.OCC=C=CCCCl. The van der Waals surface area contributed by atoms with Gasteiger partial charge >= 0.3 is 0 Å². The Hall–Kier alpha value is 0.164. The van der Waals surface area contributed by atoms with Gasteiger partial charge in [-0.2, -0.15) is 0 Å². The molecule has 0 aliphatic carbocycles. The fourth-order valence-corrected chi connectivity index (χ4v) is 8.88. The monoisotopic (exact) mass is 378 g/mol. The Balaban J connectivity index is 0. The summed E-state index contributed by atoms with van der Waals surface area (Å²) < 4.78 is 6.63. The maximum Gasteiger partial charge on any atom is 0.178 e. The molecule has 0 rings (SSSR count). The van der Waals surface area contributed by atoms with E-state index < -0.39 is 16.6 Å². The van der Waals surface area contributed by atoms with Gasteiger partial charge in [-0.25, -0.2) is 0 Å². The lowest BCUT2D eigenvalue weighted by atomic mass is 10.2. The minimum absolute atomic E-state index is 0.0544. The molecule has 0 heterocycles. The predicted octanol–water partition coefficient (Wildman–Crippen LogP) is 6.33. The molecular weight excluding hydrogens is 340 g/mol. The van der Waals surface area contributed by atoms with Crippen LogP contribution >= 0.6 is 11.6 Å². The Kier molecular flexibility index (Phi) is 11.3. The van der Waals surface area contributed by atoms with Crippen LogP contribution < -0.4 is 0 Å². The molecule has 5 heteroatoms. The molecule has 2 nitrogen and oxygen atoms in total.